The largest absolute Gasteiger partial charge is 0.467 e. The molecule has 0 bridgehead atoms. The second-order valence-electron chi connectivity index (χ2n) is 3.28. The van der Waals surface area contributed by atoms with E-state index in [0.717, 1.165) is 0 Å². The summed E-state index contributed by atoms with van der Waals surface area (Å²) in [5, 5.41) is 1.24. The van der Waals surface area contributed by atoms with Crippen molar-refractivity contribution in [3.05, 3.63) is 6.20 Å². The molecule has 0 fully saturated rings. The van der Waals surface area contributed by atoms with Gasteiger partial charge >= 0.3 is 0 Å². The first kappa shape index (κ1) is 10.3. The minimum Gasteiger partial charge on any atom is -0.467 e. The van der Waals surface area contributed by atoms with Crippen molar-refractivity contribution in [2.24, 2.45) is 0 Å². The van der Waals surface area contributed by atoms with E-state index in [0.29, 0.717) is 16.8 Å². The summed E-state index contributed by atoms with van der Waals surface area (Å²) >= 11 is 1.33. The molecule has 0 unspecified atom stereocenters. The number of methoxy groups -OCH3 is 1. The van der Waals surface area contributed by atoms with Crippen LogP contribution >= 0.6 is 11.3 Å². The van der Waals surface area contributed by atoms with Gasteiger partial charge in [-0.05, 0) is 13.8 Å². The summed E-state index contributed by atoms with van der Waals surface area (Å²) in [6.45, 7) is 4.37. The number of nitrogens with two attached hydrogens (primary N) is 1. The van der Waals surface area contributed by atoms with Crippen molar-refractivity contribution in [1.82, 2.24) is 4.98 Å². The molecule has 4 nitrogen and oxygen atoms in total. The van der Waals surface area contributed by atoms with Crippen LogP contribution in [0, 0.1) is 0 Å². The highest BCUT2D eigenvalue weighted by atomic mass is 32.1. The number of thiazole rings is 1. The summed E-state index contributed by atoms with van der Waals surface area (Å²) in [4.78, 5) is 3.97. The second kappa shape index (κ2) is 3.93. The molecule has 0 radical (unpaired) electrons. The average molecular weight is 202 g/mol. The van der Waals surface area contributed by atoms with Crippen molar-refractivity contribution in [2.45, 2.75) is 19.4 Å². The van der Waals surface area contributed by atoms with Gasteiger partial charge < -0.3 is 15.2 Å². The van der Waals surface area contributed by atoms with Gasteiger partial charge in [0.05, 0.1) is 11.8 Å². The molecule has 0 saturated heterocycles. The lowest BCUT2D eigenvalue weighted by atomic mass is 10.2. The number of nitrogen functional groups attached to an aromatic ring is 1. The Morgan fingerprint density at radius 1 is 1.62 bits per heavy atom. The molecular formula is C8H14N2O2S. The summed E-state index contributed by atoms with van der Waals surface area (Å²) in [7, 11) is 1.65. The van der Waals surface area contributed by atoms with Crippen molar-refractivity contribution in [3.8, 4) is 5.19 Å². The Morgan fingerprint density at radius 2 is 2.31 bits per heavy atom. The fourth-order valence-electron chi connectivity index (χ4n) is 0.631. The van der Waals surface area contributed by atoms with Crippen LogP contribution in [0.25, 0.3) is 0 Å². The summed E-state index contributed by atoms with van der Waals surface area (Å²) in [6, 6.07) is 0. The normalized spacial score (nSPS) is 11.6. The monoisotopic (exact) mass is 202 g/mol. The van der Waals surface area contributed by atoms with Crippen molar-refractivity contribution < 1.29 is 9.47 Å². The third kappa shape index (κ3) is 3.20. The number of anilines is 1. The van der Waals surface area contributed by atoms with Crippen LogP contribution in [-0.2, 0) is 4.74 Å². The molecule has 2 N–H and O–H groups in total. The highest BCUT2D eigenvalue weighted by Crippen LogP contribution is 2.23. The maximum atomic E-state index is 5.50. The molecule has 0 spiro atoms. The zero-order valence-corrected chi connectivity index (χ0v) is 8.85. The predicted octanol–water partition coefficient (Wildman–Crippen LogP) is 1.53. The SMILES string of the molecule is COC(C)(C)COc1ncc(N)s1. The number of hydrogen-bond acceptors (Lipinski definition) is 5. The standard InChI is InChI=1S/C8H14N2O2S/c1-8(2,11-3)5-12-7-10-4-6(9)13-7/h4H,5,9H2,1-3H3. The molecule has 0 saturated carbocycles. The van der Waals surface area contributed by atoms with E-state index in [1.54, 1.807) is 13.3 Å². The van der Waals surface area contributed by atoms with E-state index < -0.39 is 0 Å². The summed E-state index contributed by atoms with van der Waals surface area (Å²) in [6.07, 6.45) is 1.58. The molecule has 0 aliphatic carbocycles. The number of nitrogens with zero attached hydrogens (tertiary/aromatic N) is 1. The summed E-state index contributed by atoms with van der Waals surface area (Å²) < 4.78 is 10.6. The van der Waals surface area contributed by atoms with E-state index in [1.165, 1.54) is 11.3 Å². The molecular weight excluding hydrogens is 188 g/mol. The minimum absolute atomic E-state index is 0.291. The van der Waals surface area contributed by atoms with Gasteiger partial charge in [0.25, 0.3) is 5.19 Å². The smallest absolute Gasteiger partial charge is 0.275 e. The van der Waals surface area contributed by atoms with Gasteiger partial charge in [-0.3, -0.25) is 0 Å². The lowest BCUT2D eigenvalue weighted by molar-refractivity contribution is -0.0147. The van der Waals surface area contributed by atoms with Gasteiger partial charge in [-0.15, -0.1) is 0 Å². The fourth-order valence-corrected chi connectivity index (χ4v) is 1.16. The van der Waals surface area contributed by atoms with Crippen molar-refractivity contribution in [3.63, 3.8) is 0 Å². The molecule has 1 aromatic heterocycles. The van der Waals surface area contributed by atoms with Gasteiger partial charge in [-0.25, -0.2) is 4.98 Å². The van der Waals surface area contributed by atoms with Gasteiger partial charge in [-0.2, -0.15) is 0 Å². The molecule has 1 heterocycles. The molecule has 0 aromatic carbocycles. The highest BCUT2D eigenvalue weighted by molar-refractivity contribution is 7.17. The minimum atomic E-state index is -0.291. The van der Waals surface area contributed by atoms with Crippen LogP contribution < -0.4 is 10.5 Å². The lowest BCUT2D eigenvalue weighted by Gasteiger charge is -2.21. The second-order valence-corrected chi connectivity index (χ2v) is 4.31. The van der Waals surface area contributed by atoms with Crippen LogP contribution in [0.5, 0.6) is 5.19 Å². The molecule has 13 heavy (non-hydrogen) atoms. The van der Waals surface area contributed by atoms with Crippen LogP contribution in [0.1, 0.15) is 13.8 Å². The van der Waals surface area contributed by atoms with Gasteiger partial charge in [0.15, 0.2) is 0 Å². The van der Waals surface area contributed by atoms with E-state index in [9.17, 15) is 0 Å². The molecule has 74 valence electrons. The van der Waals surface area contributed by atoms with Crippen LogP contribution in [0.15, 0.2) is 6.20 Å². The first-order valence-corrected chi connectivity index (χ1v) is 4.74. The topological polar surface area (TPSA) is 57.4 Å². The molecule has 1 aromatic rings. The number of ether oxygens (including phenoxy) is 2. The number of aromatic nitrogens is 1. The predicted molar refractivity (Wildman–Crippen MR) is 53.1 cm³/mol. The maximum absolute atomic E-state index is 5.50. The van der Waals surface area contributed by atoms with E-state index in [4.69, 9.17) is 15.2 Å². The highest BCUT2D eigenvalue weighted by Gasteiger charge is 2.17. The first-order chi connectivity index (χ1) is 6.03. The van der Waals surface area contributed by atoms with Crippen LogP contribution in [-0.4, -0.2) is 24.3 Å². The third-order valence-electron chi connectivity index (χ3n) is 1.60. The number of hydrogen-bond donors (Lipinski definition) is 1. The molecule has 5 heteroatoms. The Kier molecular flexibility index (Phi) is 3.11. The first-order valence-electron chi connectivity index (χ1n) is 3.93. The Hall–Kier alpha value is -0.810. The van der Waals surface area contributed by atoms with Crippen molar-refractivity contribution in [2.75, 3.05) is 19.5 Å². The molecule has 0 aliphatic rings. The van der Waals surface area contributed by atoms with Gasteiger partial charge in [0.2, 0.25) is 0 Å². The van der Waals surface area contributed by atoms with Crippen LogP contribution in [0.3, 0.4) is 0 Å². The van der Waals surface area contributed by atoms with E-state index in [-0.39, 0.29) is 5.60 Å². The Labute approximate surface area is 81.7 Å². The van der Waals surface area contributed by atoms with Gasteiger partial charge in [0.1, 0.15) is 11.6 Å². The fraction of sp³-hybridized carbons (Fsp3) is 0.625. The molecule has 0 atom stereocenters. The summed E-state index contributed by atoms with van der Waals surface area (Å²) in [5.41, 5.74) is 5.20. The zero-order chi connectivity index (χ0) is 9.90. The van der Waals surface area contributed by atoms with E-state index in [1.807, 2.05) is 13.8 Å². The number of rotatable bonds is 4. The van der Waals surface area contributed by atoms with Gasteiger partial charge in [-0.1, -0.05) is 11.3 Å². The van der Waals surface area contributed by atoms with Crippen molar-refractivity contribution >= 4 is 16.3 Å². The average Bonchev–Trinajstić information content (AvgIpc) is 2.48. The van der Waals surface area contributed by atoms with Crippen LogP contribution in [0.4, 0.5) is 5.00 Å². The Balaban J connectivity index is 2.43. The van der Waals surface area contributed by atoms with Crippen LogP contribution in [0.2, 0.25) is 0 Å². The van der Waals surface area contributed by atoms with E-state index in [2.05, 4.69) is 4.98 Å². The molecule has 0 aliphatic heterocycles. The Morgan fingerprint density at radius 3 is 2.77 bits per heavy atom. The van der Waals surface area contributed by atoms with E-state index >= 15 is 0 Å². The molecule has 0 amide bonds. The lowest BCUT2D eigenvalue weighted by Crippen LogP contribution is -2.30. The quantitative estimate of drug-likeness (QED) is 0.804. The Bertz CT molecular complexity index is 273. The maximum Gasteiger partial charge on any atom is 0.275 e. The van der Waals surface area contributed by atoms with Gasteiger partial charge in [0, 0.05) is 7.11 Å². The van der Waals surface area contributed by atoms with Crippen molar-refractivity contribution in [1.29, 1.82) is 0 Å². The third-order valence-corrected chi connectivity index (χ3v) is 2.34. The summed E-state index contributed by atoms with van der Waals surface area (Å²) in [5.74, 6) is 0. The molecule has 1 rings (SSSR count). The zero-order valence-electron chi connectivity index (χ0n) is 8.03.